The smallest absolute Gasteiger partial charge is 0.360 e. The van der Waals surface area contributed by atoms with E-state index < -0.39 is 5.97 Å². The molecule has 22 heavy (non-hydrogen) atoms. The Morgan fingerprint density at radius 2 is 1.86 bits per heavy atom. The quantitative estimate of drug-likeness (QED) is 0.627. The van der Waals surface area contributed by atoms with Gasteiger partial charge in [-0.05, 0) is 44.0 Å². The second-order valence-corrected chi connectivity index (χ2v) is 5.21. The molecule has 0 aliphatic rings. The Morgan fingerprint density at radius 1 is 1.23 bits per heavy atom. The van der Waals surface area contributed by atoms with Crippen LogP contribution in [0.2, 0.25) is 0 Å². The summed E-state index contributed by atoms with van der Waals surface area (Å²) in [6.45, 7) is 7.47. The molecule has 0 unspecified atom stereocenters. The van der Waals surface area contributed by atoms with Gasteiger partial charge in [0.25, 0.3) is 0 Å². The van der Waals surface area contributed by atoms with Crippen LogP contribution in [0, 0.1) is 0 Å². The molecule has 0 N–H and O–H groups in total. The number of aromatic nitrogens is 3. The van der Waals surface area contributed by atoms with Crippen LogP contribution in [0.1, 0.15) is 60.2 Å². The maximum absolute atomic E-state index is 12.0. The molecule has 0 saturated heterocycles. The molecule has 1 aromatic carbocycles. The first kappa shape index (κ1) is 15.9. The molecule has 1 aromatic heterocycles. The molecular weight excluding hydrogens is 282 g/mol. The Hall–Kier alpha value is -2.50. The van der Waals surface area contributed by atoms with E-state index in [-0.39, 0.29) is 24.0 Å². The highest BCUT2D eigenvalue weighted by Crippen LogP contribution is 2.22. The maximum atomic E-state index is 12.0. The Kier molecular flexibility index (Phi) is 4.70. The fraction of sp³-hybridized carbons (Fsp3) is 0.375. The molecular formula is C16H19N3O3. The normalized spacial score (nSPS) is 10.8. The van der Waals surface area contributed by atoms with Crippen LogP contribution in [0.15, 0.2) is 24.3 Å². The number of ether oxygens (including phenoxy) is 1. The van der Waals surface area contributed by atoms with Crippen molar-refractivity contribution in [3.8, 4) is 5.69 Å². The van der Waals surface area contributed by atoms with Crippen molar-refractivity contribution in [3.05, 3.63) is 41.2 Å². The van der Waals surface area contributed by atoms with E-state index >= 15 is 0 Å². The number of ketones is 1. The molecule has 6 heteroatoms. The number of carbonyl (C=O) groups is 2. The summed E-state index contributed by atoms with van der Waals surface area (Å²) in [5.41, 5.74) is 2.29. The summed E-state index contributed by atoms with van der Waals surface area (Å²) in [7, 11) is 0. The van der Waals surface area contributed by atoms with Gasteiger partial charge in [-0.3, -0.25) is 4.79 Å². The first-order valence-electron chi connectivity index (χ1n) is 7.19. The molecule has 0 bridgehead atoms. The molecule has 0 saturated carbocycles. The average Bonchev–Trinajstić information content (AvgIpc) is 2.92. The Bertz CT molecular complexity index is 687. The topological polar surface area (TPSA) is 74.1 Å². The van der Waals surface area contributed by atoms with E-state index in [2.05, 4.69) is 10.3 Å². The van der Waals surface area contributed by atoms with Crippen LogP contribution in [0.25, 0.3) is 5.69 Å². The number of hydrogen-bond acceptors (Lipinski definition) is 5. The van der Waals surface area contributed by atoms with Crippen molar-refractivity contribution in [1.82, 2.24) is 15.0 Å². The van der Waals surface area contributed by atoms with Gasteiger partial charge in [-0.1, -0.05) is 19.1 Å². The Labute approximate surface area is 129 Å². The maximum Gasteiger partial charge on any atom is 0.360 e. The minimum atomic E-state index is -0.474. The summed E-state index contributed by atoms with van der Waals surface area (Å²) in [4.78, 5) is 23.3. The van der Waals surface area contributed by atoms with Gasteiger partial charge in [-0.25, -0.2) is 9.48 Å². The van der Waals surface area contributed by atoms with E-state index in [1.807, 2.05) is 13.8 Å². The fourth-order valence-corrected chi connectivity index (χ4v) is 2.18. The first-order chi connectivity index (χ1) is 10.5. The summed E-state index contributed by atoms with van der Waals surface area (Å²) < 4.78 is 6.63. The lowest BCUT2D eigenvalue weighted by molar-refractivity contribution is 0.0517. The first-order valence-corrected chi connectivity index (χ1v) is 7.19. The van der Waals surface area contributed by atoms with Crippen molar-refractivity contribution >= 4 is 11.8 Å². The number of Topliss-reactive ketones (excluding diaryl/α,β-unsaturated/α-hetero) is 1. The second kappa shape index (κ2) is 6.51. The molecule has 0 amide bonds. The zero-order valence-corrected chi connectivity index (χ0v) is 13.2. The SMILES string of the molecule is CCOC(=O)c1nnn(-c2ccc(C(C)=O)cc2)c1C(C)C. The van der Waals surface area contributed by atoms with E-state index in [1.54, 1.807) is 35.9 Å². The van der Waals surface area contributed by atoms with Crippen LogP contribution in [-0.2, 0) is 4.74 Å². The monoisotopic (exact) mass is 301 g/mol. The third-order valence-electron chi connectivity index (χ3n) is 3.24. The Balaban J connectivity index is 2.47. The summed E-state index contributed by atoms with van der Waals surface area (Å²) >= 11 is 0. The zero-order valence-electron chi connectivity index (χ0n) is 13.2. The van der Waals surface area contributed by atoms with Crippen molar-refractivity contribution in [2.75, 3.05) is 6.61 Å². The van der Waals surface area contributed by atoms with Crippen LogP contribution in [0.3, 0.4) is 0 Å². The summed E-state index contributed by atoms with van der Waals surface area (Å²) in [5.74, 6) is -0.430. The third kappa shape index (κ3) is 3.05. The number of rotatable bonds is 5. The number of carbonyl (C=O) groups excluding carboxylic acids is 2. The van der Waals surface area contributed by atoms with Gasteiger partial charge in [0.05, 0.1) is 18.0 Å². The minimum Gasteiger partial charge on any atom is -0.461 e. The summed E-state index contributed by atoms with van der Waals surface area (Å²) in [5, 5.41) is 8.03. The molecule has 0 aliphatic carbocycles. The molecule has 2 aromatic rings. The van der Waals surface area contributed by atoms with Gasteiger partial charge < -0.3 is 4.74 Å². The van der Waals surface area contributed by atoms with Crippen molar-refractivity contribution in [1.29, 1.82) is 0 Å². The van der Waals surface area contributed by atoms with E-state index in [0.29, 0.717) is 11.3 Å². The number of esters is 1. The van der Waals surface area contributed by atoms with Crippen LogP contribution in [0.4, 0.5) is 0 Å². The van der Waals surface area contributed by atoms with Gasteiger partial charge in [0.1, 0.15) is 0 Å². The van der Waals surface area contributed by atoms with E-state index in [9.17, 15) is 9.59 Å². The molecule has 0 fully saturated rings. The lowest BCUT2D eigenvalue weighted by Crippen LogP contribution is -2.11. The van der Waals surface area contributed by atoms with Gasteiger partial charge in [-0.15, -0.1) is 5.10 Å². The predicted molar refractivity (Wildman–Crippen MR) is 81.4 cm³/mol. The van der Waals surface area contributed by atoms with Gasteiger partial charge >= 0.3 is 5.97 Å². The molecule has 0 spiro atoms. The predicted octanol–water partition coefficient (Wildman–Crippen LogP) is 2.77. The fourth-order valence-electron chi connectivity index (χ4n) is 2.18. The van der Waals surface area contributed by atoms with Crippen LogP contribution in [0.5, 0.6) is 0 Å². The third-order valence-corrected chi connectivity index (χ3v) is 3.24. The number of nitrogens with zero attached hydrogens (tertiary/aromatic N) is 3. The van der Waals surface area contributed by atoms with Crippen molar-refractivity contribution in [2.24, 2.45) is 0 Å². The van der Waals surface area contributed by atoms with Crippen LogP contribution in [-0.4, -0.2) is 33.4 Å². The van der Waals surface area contributed by atoms with Gasteiger partial charge in [0, 0.05) is 5.56 Å². The summed E-state index contributed by atoms with van der Waals surface area (Å²) in [6, 6.07) is 7.03. The zero-order chi connectivity index (χ0) is 16.3. The highest BCUT2D eigenvalue weighted by molar-refractivity contribution is 5.94. The molecule has 0 radical (unpaired) electrons. The standard InChI is InChI=1S/C16H19N3O3/c1-5-22-16(21)14-15(10(2)3)19(18-17-14)13-8-6-12(7-9-13)11(4)20/h6-10H,5H2,1-4H3. The average molecular weight is 301 g/mol. The lowest BCUT2D eigenvalue weighted by Gasteiger charge is -2.11. The number of hydrogen-bond donors (Lipinski definition) is 0. The van der Waals surface area contributed by atoms with Gasteiger partial charge in [0.2, 0.25) is 0 Å². The van der Waals surface area contributed by atoms with Crippen molar-refractivity contribution in [3.63, 3.8) is 0 Å². The molecule has 1 heterocycles. The van der Waals surface area contributed by atoms with Gasteiger partial charge in [-0.2, -0.15) is 0 Å². The largest absolute Gasteiger partial charge is 0.461 e. The second-order valence-electron chi connectivity index (χ2n) is 5.21. The van der Waals surface area contributed by atoms with E-state index in [1.165, 1.54) is 6.92 Å². The van der Waals surface area contributed by atoms with Crippen molar-refractivity contribution in [2.45, 2.75) is 33.6 Å². The number of benzene rings is 1. The Morgan fingerprint density at radius 3 is 2.36 bits per heavy atom. The van der Waals surface area contributed by atoms with Gasteiger partial charge in [0.15, 0.2) is 11.5 Å². The van der Waals surface area contributed by atoms with Crippen LogP contribution >= 0.6 is 0 Å². The van der Waals surface area contributed by atoms with E-state index in [0.717, 1.165) is 5.69 Å². The van der Waals surface area contributed by atoms with E-state index in [4.69, 9.17) is 4.74 Å². The molecule has 0 aliphatic heterocycles. The summed E-state index contributed by atoms with van der Waals surface area (Å²) in [6.07, 6.45) is 0. The molecule has 6 nitrogen and oxygen atoms in total. The van der Waals surface area contributed by atoms with Crippen LogP contribution < -0.4 is 0 Å². The molecule has 0 atom stereocenters. The minimum absolute atomic E-state index is 0.00133. The lowest BCUT2D eigenvalue weighted by atomic mass is 10.1. The van der Waals surface area contributed by atoms with Crippen molar-refractivity contribution < 1.29 is 14.3 Å². The molecule has 2 rings (SSSR count). The highest BCUT2D eigenvalue weighted by Gasteiger charge is 2.23. The molecule has 116 valence electrons. The highest BCUT2D eigenvalue weighted by atomic mass is 16.5.